The largest absolute Gasteiger partial charge is 0.497 e. The molecule has 1 heterocycles. The summed E-state index contributed by atoms with van der Waals surface area (Å²) >= 11 is 0. The predicted molar refractivity (Wildman–Crippen MR) is 56.1 cm³/mol. The third-order valence-electron chi connectivity index (χ3n) is 2.26. The van der Waals surface area contributed by atoms with Crippen LogP contribution in [-0.4, -0.2) is 19.2 Å². The van der Waals surface area contributed by atoms with Crippen LogP contribution in [0.2, 0.25) is 0 Å². The van der Waals surface area contributed by atoms with Gasteiger partial charge in [0.25, 0.3) is 0 Å². The zero-order valence-corrected chi connectivity index (χ0v) is 8.55. The van der Waals surface area contributed by atoms with Gasteiger partial charge < -0.3 is 14.5 Å². The number of benzene rings is 1. The number of aromatic nitrogens is 1. The molecule has 0 saturated heterocycles. The molecule has 3 heteroatoms. The van der Waals surface area contributed by atoms with E-state index in [0.29, 0.717) is 0 Å². The Kier molecular flexibility index (Phi) is 2.08. The Bertz CT molecular complexity index is 460. The minimum atomic E-state index is 0.802. The third-order valence-corrected chi connectivity index (χ3v) is 2.26. The van der Waals surface area contributed by atoms with E-state index in [2.05, 4.69) is 11.1 Å². The van der Waals surface area contributed by atoms with Crippen LogP contribution in [0.4, 0.5) is 0 Å². The molecule has 0 atom stereocenters. The lowest BCUT2D eigenvalue weighted by molar-refractivity contribution is 0.398. The number of aromatic amines is 1. The molecule has 0 fully saturated rings. The van der Waals surface area contributed by atoms with Gasteiger partial charge in [-0.2, -0.15) is 0 Å². The fraction of sp³-hybridized carbons (Fsp3) is 0.273. The zero-order chi connectivity index (χ0) is 10.1. The van der Waals surface area contributed by atoms with E-state index < -0.39 is 0 Å². The molecule has 0 saturated carbocycles. The van der Waals surface area contributed by atoms with Gasteiger partial charge in [-0.1, -0.05) is 0 Å². The highest BCUT2D eigenvalue weighted by Crippen LogP contribution is 2.31. The Labute approximate surface area is 82.6 Å². The van der Waals surface area contributed by atoms with Crippen molar-refractivity contribution in [2.75, 3.05) is 14.2 Å². The molecule has 0 aliphatic carbocycles. The van der Waals surface area contributed by atoms with Gasteiger partial charge >= 0.3 is 0 Å². The number of rotatable bonds is 2. The number of ether oxygens (including phenoxy) is 2. The second kappa shape index (κ2) is 3.25. The lowest BCUT2D eigenvalue weighted by Gasteiger charge is -2.04. The Hall–Kier alpha value is -1.64. The van der Waals surface area contributed by atoms with Crippen molar-refractivity contribution in [1.82, 2.24) is 4.98 Å². The molecule has 74 valence electrons. The summed E-state index contributed by atoms with van der Waals surface area (Å²) in [6.45, 7) is 2.02. The number of aryl methyl sites for hydroxylation is 1. The van der Waals surface area contributed by atoms with Crippen LogP contribution in [0.15, 0.2) is 18.2 Å². The summed E-state index contributed by atoms with van der Waals surface area (Å²) in [4.78, 5) is 3.25. The van der Waals surface area contributed by atoms with Gasteiger partial charge in [-0.25, -0.2) is 0 Å². The van der Waals surface area contributed by atoms with Crippen molar-refractivity contribution in [3.05, 3.63) is 23.9 Å². The summed E-state index contributed by atoms with van der Waals surface area (Å²) < 4.78 is 10.5. The molecule has 3 nitrogen and oxygen atoms in total. The van der Waals surface area contributed by atoms with Crippen LogP contribution in [0, 0.1) is 6.92 Å². The lowest BCUT2D eigenvalue weighted by Crippen LogP contribution is -1.87. The van der Waals surface area contributed by atoms with Gasteiger partial charge in [0.1, 0.15) is 11.5 Å². The molecule has 1 N–H and O–H groups in total. The topological polar surface area (TPSA) is 34.2 Å². The first-order valence-corrected chi connectivity index (χ1v) is 4.46. The summed E-state index contributed by atoms with van der Waals surface area (Å²) in [5.74, 6) is 1.64. The third kappa shape index (κ3) is 1.31. The van der Waals surface area contributed by atoms with Crippen molar-refractivity contribution in [2.24, 2.45) is 0 Å². The average molecular weight is 191 g/mol. The van der Waals surface area contributed by atoms with Crippen LogP contribution >= 0.6 is 0 Å². The van der Waals surface area contributed by atoms with E-state index in [4.69, 9.17) is 9.47 Å². The van der Waals surface area contributed by atoms with Gasteiger partial charge in [0, 0.05) is 23.2 Å². The number of hydrogen-bond donors (Lipinski definition) is 1. The highest BCUT2D eigenvalue weighted by molar-refractivity contribution is 5.88. The summed E-state index contributed by atoms with van der Waals surface area (Å²) in [7, 11) is 3.31. The highest BCUT2D eigenvalue weighted by atomic mass is 16.5. The molecule has 2 rings (SSSR count). The maximum absolute atomic E-state index is 5.28. The molecule has 1 aromatic carbocycles. The van der Waals surface area contributed by atoms with E-state index in [1.807, 2.05) is 19.1 Å². The number of nitrogens with one attached hydrogen (secondary N) is 1. The van der Waals surface area contributed by atoms with Gasteiger partial charge in [0.2, 0.25) is 0 Å². The average Bonchev–Trinajstić information content (AvgIpc) is 2.56. The van der Waals surface area contributed by atoms with Gasteiger partial charge in [-0.15, -0.1) is 0 Å². The van der Waals surface area contributed by atoms with E-state index in [1.165, 1.54) is 0 Å². The number of methoxy groups -OCH3 is 2. The first-order valence-electron chi connectivity index (χ1n) is 4.46. The minimum absolute atomic E-state index is 0.802. The first kappa shape index (κ1) is 8.94. The Balaban J connectivity index is 2.72. The SMILES string of the molecule is COc1cc(OC)c2cc(C)[nH]c2c1. The summed E-state index contributed by atoms with van der Waals surface area (Å²) in [6, 6.07) is 5.91. The van der Waals surface area contributed by atoms with Gasteiger partial charge in [0.15, 0.2) is 0 Å². The fourth-order valence-electron chi connectivity index (χ4n) is 1.61. The quantitative estimate of drug-likeness (QED) is 0.791. The molecular formula is C11H13NO2. The van der Waals surface area contributed by atoms with E-state index >= 15 is 0 Å². The molecule has 0 amide bonds. The van der Waals surface area contributed by atoms with Crippen LogP contribution in [0.25, 0.3) is 10.9 Å². The van der Waals surface area contributed by atoms with Crippen LogP contribution in [-0.2, 0) is 0 Å². The van der Waals surface area contributed by atoms with Crippen molar-refractivity contribution in [3.8, 4) is 11.5 Å². The molecule has 0 spiro atoms. The van der Waals surface area contributed by atoms with E-state index in [9.17, 15) is 0 Å². The fourth-order valence-corrected chi connectivity index (χ4v) is 1.61. The predicted octanol–water partition coefficient (Wildman–Crippen LogP) is 2.49. The Morgan fingerprint density at radius 1 is 1.07 bits per heavy atom. The number of hydrogen-bond acceptors (Lipinski definition) is 2. The molecule has 2 aromatic rings. The van der Waals surface area contributed by atoms with E-state index in [-0.39, 0.29) is 0 Å². The lowest BCUT2D eigenvalue weighted by atomic mass is 10.2. The molecule has 0 unspecified atom stereocenters. The van der Waals surface area contributed by atoms with E-state index in [0.717, 1.165) is 28.1 Å². The van der Waals surface area contributed by atoms with Gasteiger partial charge in [0.05, 0.1) is 19.7 Å². The summed E-state index contributed by atoms with van der Waals surface area (Å²) in [6.07, 6.45) is 0. The maximum atomic E-state index is 5.28. The standard InChI is InChI=1S/C11H13NO2/c1-7-4-9-10(12-7)5-8(13-2)6-11(9)14-3/h4-6,12H,1-3H3. The Morgan fingerprint density at radius 3 is 2.50 bits per heavy atom. The molecule has 0 radical (unpaired) electrons. The maximum Gasteiger partial charge on any atom is 0.131 e. The van der Waals surface area contributed by atoms with Crippen LogP contribution < -0.4 is 9.47 Å². The zero-order valence-electron chi connectivity index (χ0n) is 8.55. The van der Waals surface area contributed by atoms with Crippen LogP contribution in [0.1, 0.15) is 5.69 Å². The molecule has 1 aromatic heterocycles. The van der Waals surface area contributed by atoms with Crippen molar-refractivity contribution in [2.45, 2.75) is 6.92 Å². The van der Waals surface area contributed by atoms with Crippen molar-refractivity contribution in [3.63, 3.8) is 0 Å². The molecular weight excluding hydrogens is 178 g/mol. The highest BCUT2D eigenvalue weighted by Gasteiger charge is 2.06. The van der Waals surface area contributed by atoms with Crippen molar-refractivity contribution < 1.29 is 9.47 Å². The molecule has 14 heavy (non-hydrogen) atoms. The van der Waals surface area contributed by atoms with Gasteiger partial charge in [-0.05, 0) is 13.0 Å². The first-order chi connectivity index (χ1) is 6.74. The van der Waals surface area contributed by atoms with Crippen LogP contribution in [0.5, 0.6) is 11.5 Å². The Morgan fingerprint density at radius 2 is 1.86 bits per heavy atom. The van der Waals surface area contributed by atoms with Crippen LogP contribution in [0.3, 0.4) is 0 Å². The molecule has 0 bridgehead atoms. The minimum Gasteiger partial charge on any atom is -0.497 e. The smallest absolute Gasteiger partial charge is 0.131 e. The van der Waals surface area contributed by atoms with Crippen molar-refractivity contribution in [1.29, 1.82) is 0 Å². The molecule has 0 aliphatic heterocycles. The molecule has 0 aliphatic rings. The summed E-state index contributed by atoms with van der Waals surface area (Å²) in [5.41, 5.74) is 2.16. The normalized spacial score (nSPS) is 10.5. The van der Waals surface area contributed by atoms with E-state index in [1.54, 1.807) is 14.2 Å². The monoisotopic (exact) mass is 191 g/mol. The second-order valence-corrected chi connectivity index (χ2v) is 3.24. The number of H-pyrrole nitrogens is 1. The van der Waals surface area contributed by atoms with Gasteiger partial charge in [-0.3, -0.25) is 0 Å². The second-order valence-electron chi connectivity index (χ2n) is 3.24. The van der Waals surface area contributed by atoms with Crippen molar-refractivity contribution >= 4 is 10.9 Å². The number of fused-ring (bicyclic) bond motifs is 1. The summed E-state index contributed by atoms with van der Waals surface area (Å²) in [5, 5.41) is 1.09.